The molecule has 2 amide bonds. The lowest BCUT2D eigenvalue weighted by Gasteiger charge is -2.21. The van der Waals surface area contributed by atoms with Gasteiger partial charge >= 0.3 is 6.03 Å². The van der Waals surface area contributed by atoms with Gasteiger partial charge in [0.25, 0.3) is 0 Å². The van der Waals surface area contributed by atoms with Crippen LogP contribution >= 0.6 is 11.6 Å². The molecule has 22 heavy (non-hydrogen) atoms. The predicted molar refractivity (Wildman–Crippen MR) is 85.4 cm³/mol. The van der Waals surface area contributed by atoms with Gasteiger partial charge in [-0.2, -0.15) is 4.31 Å². The largest absolute Gasteiger partial charge is 0.341 e. The van der Waals surface area contributed by atoms with E-state index in [1.165, 1.54) is 29.7 Å². The molecule has 0 aliphatic heterocycles. The van der Waals surface area contributed by atoms with Gasteiger partial charge in [-0.15, -0.1) is 0 Å². The lowest BCUT2D eigenvalue weighted by Crippen LogP contribution is -2.37. The average molecular weight is 349 g/mol. The normalized spacial score (nSPS) is 11.5. The molecule has 1 aromatic rings. The molecule has 1 aromatic heterocycles. The fraction of sp³-hybridized carbons (Fsp3) is 0.538. The molecule has 0 aliphatic rings. The number of rotatable bonds is 8. The first-order chi connectivity index (χ1) is 10.4. The summed E-state index contributed by atoms with van der Waals surface area (Å²) >= 11 is 5.68. The van der Waals surface area contributed by atoms with Crippen molar-refractivity contribution in [1.82, 2.24) is 19.9 Å². The van der Waals surface area contributed by atoms with Crippen LogP contribution in [0.5, 0.6) is 0 Å². The average Bonchev–Trinajstić information content (AvgIpc) is 2.50. The Hall–Kier alpha value is -1.38. The molecular formula is C13H21ClN4O3S. The minimum Gasteiger partial charge on any atom is -0.341 e. The van der Waals surface area contributed by atoms with Crippen LogP contribution < -0.4 is 10.6 Å². The molecule has 1 heterocycles. The second-order valence-corrected chi connectivity index (χ2v) is 6.91. The maximum atomic E-state index is 12.6. The van der Waals surface area contributed by atoms with Crippen LogP contribution in [-0.2, 0) is 10.0 Å². The van der Waals surface area contributed by atoms with E-state index in [1.54, 1.807) is 0 Å². The molecule has 7 nitrogen and oxygen atoms in total. The zero-order valence-corrected chi connectivity index (χ0v) is 14.2. The molecule has 0 atom stereocenters. The van der Waals surface area contributed by atoms with Crippen molar-refractivity contribution in [1.29, 1.82) is 0 Å². The van der Waals surface area contributed by atoms with E-state index in [0.717, 1.165) is 0 Å². The summed E-state index contributed by atoms with van der Waals surface area (Å²) in [6.07, 6.45) is 2.47. The molecule has 1 rings (SSSR count). The van der Waals surface area contributed by atoms with Crippen molar-refractivity contribution >= 4 is 27.7 Å². The molecule has 0 fully saturated rings. The van der Waals surface area contributed by atoms with Crippen molar-refractivity contribution in [2.75, 3.05) is 26.7 Å². The van der Waals surface area contributed by atoms with Gasteiger partial charge in [-0.3, -0.25) is 0 Å². The fourth-order valence-electron chi connectivity index (χ4n) is 1.81. The van der Waals surface area contributed by atoms with Gasteiger partial charge in [-0.1, -0.05) is 18.5 Å². The van der Waals surface area contributed by atoms with E-state index in [9.17, 15) is 13.2 Å². The molecule has 0 aliphatic carbocycles. The highest BCUT2D eigenvalue weighted by molar-refractivity contribution is 7.89. The van der Waals surface area contributed by atoms with E-state index in [4.69, 9.17) is 11.6 Å². The number of hydrogen-bond donors (Lipinski definition) is 2. The van der Waals surface area contributed by atoms with Crippen LogP contribution in [0.25, 0.3) is 0 Å². The van der Waals surface area contributed by atoms with Crippen molar-refractivity contribution in [3.05, 3.63) is 23.5 Å². The number of nitrogens with zero attached hydrogens (tertiary/aromatic N) is 2. The second-order valence-electron chi connectivity index (χ2n) is 4.58. The molecular weight excluding hydrogens is 328 g/mol. The first kappa shape index (κ1) is 18.7. The third-order valence-corrected chi connectivity index (χ3v) is 5.01. The summed E-state index contributed by atoms with van der Waals surface area (Å²) in [6.45, 7) is 3.04. The van der Waals surface area contributed by atoms with Crippen LogP contribution in [0.3, 0.4) is 0 Å². The molecule has 0 saturated heterocycles. The van der Waals surface area contributed by atoms with Gasteiger partial charge in [0, 0.05) is 32.9 Å². The first-order valence-electron chi connectivity index (χ1n) is 6.99. The third-order valence-electron chi connectivity index (χ3n) is 2.91. The molecule has 0 spiro atoms. The monoisotopic (exact) mass is 348 g/mol. The van der Waals surface area contributed by atoms with Crippen LogP contribution in [0.4, 0.5) is 4.79 Å². The Morgan fingerprint density at radius 1 is 1.36 bits per heavy atom. The number of nitrogens with one attached hydrogen (secondary N) is 2. The zero-order chi connectivity index (χ0) is 16.6. The van der Waals surface area contributed by atoms with Gasteiger partial charge in [-0.05, 0) is 25.0 Å². The Bertz CT molecular complexity index is 577. The first-order valence-corrected chi connectivity index (χ1v) is 8.81. The van der Waals surface area contributed by atoms with Gasteiger partial charge in [0.15, 0.2) is 0 Å². The lowest BCUT2D eigenvalue weighted by molar-refractivity contribution is 0.242. The summed E-state index contributed by atoms with van der Waals surface area (Å²) in [4.78, 5) is 15.0. The minimum absolute atomic E-state index is 0.115. The Balaban J connectivity index is 2.72. The Kier molecular flexibility index (Phi) is 7.57. The van der Waals surface area contributed by atoms with Crippen LogP contribution in [-0.4, -0.2) is 50.4 Å². The highest BCUT2D eigenvalue weighted by Gasteiger charge is 2.23. The maximum absolute atomic E-state index is 12.6. The fourth-order valence-corrected chi connectivity index (χ4v) is 3.44. The number of carbonyl (C=O) groups is 1. The third kappa shape index (κ3) is 5.43. The van der Waals surface area contributed by atoms with Crippen molar-refractivity contribution in [2.24, 2.45) is 0 Å². The van der Waals surface area contributed by atoms with Gasteiger partial charge in [0.2, 0.25) is 10.0 Å². The number of hydrogen-bond acceptors (Lipinski definition) is 4. The van der Waals surface area contributed by atoms with Crippen molar-refractivity contribution in [3.8, 4) is 0 Å². The summed E-state index contributed by atoms with van der Waals surface area (Å²) in [5.74, 6) is 0. The summed E-state index contributed by atoms with van der Waals surface area (Å²) in [5, 5.41) is 5.31. The van der Waals surface area contributed by atoms with Crippen molar-refractivity contribution < 1.29 is 13.2 Å². The molecule has 124 valence electrons. The van der Waals surface area contributed by atoms with Gasteiger partial charge in [0.1, 0.15) is 10.0 Å². The summed E-state index contributed by atoms with van der Waals surface area (Å²) in [6, 6.07) is 2.61. The molecule has 0 bridgehead atoms. The molecule has 0 aromatic carbocycles. The Labute approximate surface area is 136 Å². The molecule has 9 heteroatoms. The maximum Gasteiger partial charge on any atom is 0.314 e. The molecule has 0 radical (unpaired) electrons. The lowest BCUT2D eigenvalue weighted by atomic mass is 10.4. The zero-order valence-electron chi connectivity index (χ0n) is 12.7. The topological polar surface area (TPSA) is 91.4 Å². The Morgan fingerprint density at radius 2 is 2.09 bits per heavy atom. The van der Waals surface area contributed by atoms with E-state index in [1.807, 2.05) is 6.92 Å². The van der Waals surface area contributed by atoms with Crippen LogP contribution in [0, 0.1) is 0 Å². The summed E-state index contributed by atoms with van der Waals surface area (Å²) < 4.78 is 26.5. The van der Waals surface area contributed by atoms with E-state index in [-0.39, 0.29) is 16.1 Å². The number of sulfonamides is 1. The van der Waals surface area contributed by atoms with E-state index in [2.05, 4.69) is 15.6 Å². The number of urea groups is 1. The molecule has 2 N–H and O–H groups in total. The van der Waals surface area contributed by atoms with Crippen LogP contribution in [0.2, 0.25) is 5.15 Å². The highest BCUT2D eigenvalue weighted by atomic mass is 35.5. The van der Waals surface area contributed by atoms with E-state index >= 15 is 0 Å². The quantitative estimate of drug-likeness (QED) is 0.549. The molecule has 0 saturated carbocycles. The van der Waals surface area contributed by atoms with Crippen LogP contribution in [0.15, 0.2) is 23.2 Å². The van der Waals surface area contributed by atoms with E-state index < -0.39 is 10.0 Å². The SMILES string of the molecule is CCCN(CCCNC(=O)NC)S(=O)(=O)c1ccc(Cl)nc1. The number of carbonyl (C=O) groups excluding carboxylic acids is 1. The number of halogens is 1. The van der Waals surface area contributed by atoms with E-state index in [0.29, 0.717) is 32.5 Å². The number of amides is 2. The number of pyridine rings is 1. The highest BCUT2D eigenvalue weighted by Crippen LogP contribution is 2.17. The summed E-state index contributed by atoms with van der Waals surface area (Å²) in [7, 11) is -2.08. The van der Waals surface area contributed by atoms with Crippen LogP contribution in [0.1, 0.15) is 19.8 Å². The van der Waals surface area contributed by atoms with Gasteiger partial charge < -0.3 is 10.6 Å². The smallest absolute Gasteiger partial charge is 0.314 e. The predicted octanol–water partition coefficient (Wildman–Crippen LogP) is 1.45. The standard InChI is InChI=1S/C13H21ClN4O3S/c1-3-8-18(9-4-7-16-13(19)15-2)22(20,21)11-5-6-12(14)17-10-11/h5-6,10H,3-4,7-9H2,1-2H3,(H2,15,16,19). The van der Waals surface area contributed by atoms with Crippen molar-refractivity contribution in [2.45, 2.75) is 24.7 Å². The summed E-state index contributed by atoms with van der Waals surface area (Å²) in [5.41, 5.74) is 0. The number of aromatic nitrogens is 1. The van der Waals surface area contributed by atoms with Crippen molar-refractivity contribution in [3.63, 3.8) is 0 Å². The Morgan fingerprint density at radius 3 is 2.64 bits per heavy atom. The second kappa shape index (κ2) is 8.92. The van der Waals surface area contributed by atoms with Gasteiger partial charge in [-0.25, -0.2) is 18.2 Å². The molecule has 0 unspecified atom stereocenters. The van der Waals surface area contributed by atoms with Gasteiger partial charge in [0.05, 0.1) is 0 Å². The minimum atomic E-state index is -3.60.